The highest BCUT2D eigenvalue weighted by molar-refractivity contribution is 5.87. The lowest BCUT2D eigenvalue weighted by atomic mass is 9.97. The molecule has 0 atom stereocenters. The van der Waals surface area contributed by atoms with Crippen LogP contribution in [-0.4, -0.2) is 45.6 Å². The summed E-state index contributed by atoms with van der Waals surface area (Å²) in [6, 6.07) is 0. The molecule has 7 heteroatoms. The van der Waals surface area contributed by atoms with Gasteiger partial charge < -0.3 is 25.2 Å². The number of hydrogen-bond donors (Lipinski definition) is 4. The third-order valence-corrected chi connectivity index (χ3v) is 3.53. The minimum absolute atomic E-state index is 0.0451. The zero-order valence-electron chi connectivity index (χ0n) is 16.8. The standard InChI is InChI=1S/C14H22O5.C5H12O2/c1-5-7-11(9(3)13(15)16)19-12(8-6-2)10(4)14(17)18;1-5(2,3-6)4-7/h5-8H2,1-4H3,(H,15,16)(H,17,18);6-7H,3-4H2,1-2H3. The zero-order chi connectivity index (χ0) is 20.9. The monoisotopic (exact) mass is 374 g/mol. The van der Waals surface area contributed by atoms with Crippen LogP contribution in [-0.2, 0) is 14.3 Å². The van der Waals surface area contributed by atoms with Gasteiger partial charge in [-0.3, -0.25) is 0 Å². The Kier molecular flexibility index (Phi) is 13.5. The second-order valence-corrected chi connectivity index (χ2v) is 6.79. The number of ether oxygens (including phenoxy) is 1. The largest absolute Gasteiger partial charge is 0.478 e. The van der Waals surface area contributed by atoms with E-state index in [1.807, 2.05) is 13.8 Å². The van der Waals surface area contributed by atoms with Gasteiger partial charge in [-0.15, -0.1) is 0 Å². The third kappa shape index (κ3) is 10.9. The molecule has 0 unspecified atom stereocenters. The van der Waals surface area contributed by atoms with E-state index in [-0.39, 0.29) is 29.8 Å². The molecule has 0 aromatic carbocycles. The average molecular weight is 374 g/mol. The van der Waals surface area contributed by atoms with Crippen molar-refractivity contribution in [3.8, 4) is 0 Å². The van der Waals surface area contributed by atoms with Crippen LogP contribution in [0.25, 0.3) is 0 Å². The summed E-state index contributed by atoms with van der Waals surface area (Å²) in [6.45, 7) is 10.4. The van der Waals surface area contributed by atoms with Gasteiger partial charge >= 0.3 is 11.9 Å². The Morgan fingerprint density at radius 2 is 1.12 bits per heavy atom. The van der Waals surface area contributed by atoms with Crippen molar-refractivity contribution >= 4 is 11.9 Å². The molecule has 0 spiro atoms. The lowest BCUT2D eigenvalue weighted by Gasteiger charge is -2.16. The van der Waals surface area contributed by atoms with E-state index in [0.717, 1.165) is 12.8 Å². The van der Waals surface area contributed by atoms with Gasteiger partial charge in [-0.2, -0.15) is 0 Å². The number of aliphatic hydroxyl groups excluding tert-OH is 2. The molecule has 0 rings (SSSR count). The molecule has 152 valence electrons. The fourth-order valence-corrected chi connectivity index (χ4v) is 1.52. The first-order valence-electron chi connectivity index (χ1n) is 8.72. The number of hydrogen-bond acceptors (Lipinski definition) is 5. The number of aliphatic carboxylic acids is 2. The van der Waals surface area contributed by atoms with E-state index in [4.69, 9.17) is 25.2 Å². The molecule has 4 N–H and O–H groups in total. The maximum Gasteiger partial charge on any atom is 0.334 e. The third-order valence-electron chi connectivity index (χ3n) is 3.53. The van der Waals surface area contributed by atoms with Gasteiger partial charge in [0.15, 0.2) is 0 Å². The predicted molar refractivity (Wildman–Crippen MR) is 99.5 cm³/mol. The summed E-state index contributed by atoms with van der Waals surface area (Å²) in [5, 5.41) is 34.9. The van der Waals surface area contributed by atoms with Gasteiger partial charge in [0, 0.05) is 18.3 Å². The van der Waals surface area contributed by atoms with Crippen LogP contribution < -0.4 is 0 Å². The van der Waals surface area contributed by atoms with Crippen LogP contribution in [0.5, 0.6) is 0 Å². The van der Waals surface area contributed by atoms with E-state index in [0.29, 0.717) is 24.4 Å². The average Bonchev–Trinajstić information content (AvgIpc) is 2.59. The summed E-state index contributed by atoms with van der Waals surface area (Å²) in [5.41, 5.74) is -0.0673. The number of carboxylic acid groups (broad SMARTS) is 2. The molecule has 26 heavy (non-hydrogen) atoms. The Labute approximate surface area is 156 Å². The van der Waals surface area contributed by atoms with E-state index < -0.39 is 11.9 Å². The van der Waals surface area contributed by atoms with E-state index >= 15 is 0 Å². The lowest BCUT2D eigenvalue weighted by molar-refractivity contribution is -0.133. The minimum Gasteiger partial charge on any atom is -0.478 e. The summed E-state index contributed by atoms with van der Waals surface area (Å²) in [4.78, 5) is 22.0. The highest BCUT2D eigenvalue weighted by atomic mass is 16.5. The fourth-order valence-electron chi connectivity index (χ4n) is 1.52. The molecule has 0 saturated heterocycles. The van der Waals surface area contributed by atoms with Crippen molar-refractivity contribution in [2.45, 2.75) is 67.2 Å². The van der Waals surface area contributed by atoms with Crippen molar-refractivity contribution in [3.63, 3.8) is 0 Å². The van der Waals surface area contributed by atoms with E-state index in [1.54, 1.807) is 13.8 Å². The molecule has 0 aliphatic heterocycles. The topological polar surface area (TPSA) is 124 Å². The minimum atomic E-state index is -1.05. The van der Waals surface area contributed by atoms with Gasteiger partial charge in [0.1, 0.15) is 11.5 Å². The van der Waals surface area contributed by atoms with Crippen LogP contribution in [0.4, 0.5) is 0 Å². The van der Waals surface area contributed by atoms with Crippen LogP contribution >= 0.6 is 0 Å². The fraction of sp³-hybridized carbons (Fsp3) is 0.684. The second kappa shape index (κ2) is 13.4. The molecule has 0 fully saturated rings. The number of aliphatic hydroxyl groups is 2. The maximum absolute atomic E-state index is 11.0. The number of carboxylic acids is 2. The molecule has 0 aromatic heterocycles. The summed E-state index contributed by atoms with van der Waals surface area (Å²) in [6.07, 6.45) is 2.40. The molecule has 0 aromatic rings. The van der Waals surface area contributed by atoms with Crippen LogP contribution in [0.2, 0.25) is 0 Å². The quantitative estimate of drug-likeness (QED) is 0.341. The molecule has 0 aliphatic carbocycles. The van der Waals surface area contributed by atoms with Crippen LogP contribution in [0.3, 0.4) is 0 Å². The summed E-state index contributed by atoms with van der Waals surface area (Å²) >= 11 is 0. The van der Waals surface area contributed by atoms with Crippen molar-refractivity contribution < 1.29 is 34.8 Å². The van der Waals surface area contributed by atoms with Gasteiger partial charge in [-0.25, -0.2) is 9.59 Å². The molecular formula is C19H34O7. The van der Waals surface area contributed by atoms with Crippen molar-refractivity contribution in [1.29, 1.82) is 0 Å². The Bertz CT molecular complexity index is 472. The number of rotatable bonds is 10. The van der Waals surface area contributed by atoms with Crippen molar-refractivity contribution in [3.05, 3.63) is 22.7 Å². The van der Waals surface area contributed by atoms with Crippen LogP contribution in [0.15, 0.2) is 22.7 Å². The Morgan fingerprint density at radius 3 is 1.27 bits per heavy atom. The first kappa shape index (κ1) is 26.4. The SMILES string of the molecule is CC(C)(CO)CO.CCCC(OC(CCC)=C(C)C(=O)O)=C(C)C(=O)O. The number of carbonyl (C=O) groups is 2. The van der Waals surface area contributed by atoms with Gasteiger partial charge in [0.25, 0.3) is 0 Å². The smallest absolute Gasteiger partial charge is 0.334 e. The summed E-state index contributed by atoms with van der Waals surface area (Å²) < 4.78 is 5.58. The van der Waals surface area contributed by atoms with Crippen molar-refractivity contribution in [1.82, 2.24) is 0 Å². The zero-order valence-corrected chi connectivity index (χ0v) is 16.8. The Hall–Kier alpha value is -1.86. The van der Waals surface area contributed by atoms with E-state index in [2.05, 4.69) is 0 Å². The van der Waals surface area contributed by atoms with Crippen molar-refractivity contribution in [2.24, 2.45) is 5.41 Å². The van der Waals surface area contributed by atoms with Gasteiger partial charge in [-0.1, -0.05) is 27.7 Å². The Balaban J connectivity index is 0. The maximum atomic E-state index is 11.0. The van der Waals surface area contributed by atoms with E-state index in [9.17, 15) is 9.59 Å². The molecule has 0 bridgehead atoms. The highest BCUT2D eigenvalue weighted by Crippen LogP contribution is 2.22. The first-order valence-corrected chi connectivity index (χ1v) is 8.72. The molecular weight excluding hydrogens is 340 g/mol. The normalized spacial score (nSPS) is 13.1. The molecule has 0 aliphatic rings. The van der Waals surface area contributed by atoms with Crippen molar-refractivity contribution in [2.75, 3.05) is 13.2 Å². The molecule has 0 amide bonds. The van der Waals surface area contributed by atoms with E-state index in [1.165, 1.54) is 13.8 Å². The van der Waals surface area contributed by atoms with Crippen LogP contribution in [0.1, 0.15) is 67.2 Å². The van der Waals surface area contributed by atoms with Gasteiger partial charge in [0.05, 0.1) is 24.4 Å². The van der Waals surface area contributed by atoms with Crippen LogP contribution in [0, 0.1) is 5.41 Å². The molecule has 7 nitrogen and oxygen atoms in total. The molecule has 0 radical (unpaired) electrons. The lowest BCUT2D eigenvalue weighted by Crippen LogP contribution is -2.20. The second-order valence-electron chi connectivity index (χ2n) is 6.79. The highest BCUT2D eigenvalue weighted by Gasteiger charge is 2.16. The predicted octanol–water partition coefficient (Wildman–Crippen LogP) is 3.32. The molecule has 0 heterocycles. The summed E-state index contributed by atoms with van der Waals surface area (Å²) in [5.74, 6) is -1.43. The number of allylic oxidation sites excluding steroid dienone is 2. The van der Waals surface area contributed by atoms with Gasteiger partial charge in [-0.05, 0) is 26.7 Å². The summed E-state index contributed by atoms with van der Waals surface area (Å²) in [7, 11) is 0. The first-order chi connectivity index (χ1) is 12.0. The molecule has 0 saturated carbocycles. The van der Waals surface area contributed by atoms with Gasteiger partial charge in [0.2, 0.25) is 0 Å². The Morgan fingerprint density at radius 1 is 0.808 bits per heavy atom.